The Bertz CT molecular complexity index is 507. The number of amides is 2. The van der Waals surface area contributed by atoms with E-state index < -0.39 is 5.97 Å². The number of halogens is 1. The molecule has 0 spiro atoms. The number of anilines is 1. The van der Waals surface area contributed by atoms with Gasteiger partial charge < -0.3 is 20.1 Å². The molecule has 1 aromatic rings. The van der Waals surface area contributed by atoms with E-state index in [-0.39, 0.29) is 17.6 Å². The van der Waals surface area contributed by atoms with E-state index >= 15 is 0 Å². The average Bonchev–Trinajstić information content (AvgIpc) is 2.37. The number of methoxy groups -OCH3 is 1. The molecule has 2 N–H and O–H groups in total. The van der Waals surface area contributed by atoms with E-state index in [1.807, 2.05) is 6.92 Å². The Labute approximate surface area is 125 Å². The van der Waals surface area contributed by atoms with Gasteiger partial charge in [0, 0.05) is 24.3 Å². The first-order chi connectivity index (χ1) is 9.35. The van der Waals surface area contributed by atoms with Crippen molar-refractivity contribution in [2.75, 3.05) is 26.1 Å². The summed E-state index contributed by atoms with van der Waals surface area (Å²) in [5.41, 5.74) is 0.514. The summed E-state index contributed by atoms with van der Waals surface area (Å²) in [6.07, 6.45) is 0. The van der Waals surface area contributed by atoms with Crippen LogP contribution in [0.3, 0.4) is 0 Å². The molecule has 0 saturated heterocycles. The first-order valence-electron chi connectivity index (χ1n) is 5.91. The molecule has 1 aromatic carbocycles. The summed E-state index contributed by atoms with van der Waals surface area (Å²) in [4.78, 5) is 24.5. The zero-order chi connectivity index (χ0) is 15.3. The Morgan fingerprint density at radius 1 is 1.45 bits per heavy atom. The summed E-state index contributed by atoms with van der Waals surface area (Å²) in [7, 11) is 3.21. The van der Waals surface area contributed by atoms with Crippen molar-refractivity contribution in [3.63, 3.8) is 0 Å². The number of rotatable bonds is 5. The molecule has 20 heavy (non-hydrogen) atoms. The van der Waals surface area contributed by atoms with Crippen LogP contribution >= 0.6 is 15.9 Å². The number of aromatic carboxylic acids is 1. The van der Waals surface area contributed by atoms with Crippen molar-refractivity contribution < 1.29 is 19.4 Å². The molecule has 0 bridgehead atoms. The van der Waals surface area contributed by atoms with Crippen LogP contribution in [0.2, 0.25) is 0 Å². The third-order valence-electron chi connectivity index (χ3n) is 2.79. The van der Waals surface area contributed by atoms with E-state index in [0.29, 0.717) is 16.8 Å². The number of ether oxygens (including phenoxy) is 1. The Morgan fingerprint density at radius 3 is 2.65 bits per heavy atom. The monoisotopic (exact) mass is 344 g/mol. The average molecular weight is 345 g/mol. The Kier molecular flexibility index (Phi) is 5.97. The maximum Gasteiger partial charge on any atom is 0.335 e. The second-order valence-electron chi connectivity index (χ2n) is 4.38. The molecule has 1 rings (SSSR count). The highest BCUT2D eigenvalue weighted by atomic mass is 79.9. The first kappa shape index (κ1) is 16.5. The SMILES string of the molecule is COCC(C)N(C)C(=O)Nc1cc(Br)cc(C(=O)O)c1. The number of carboxylic acid groups (broad SMARTS) is 1. The summed E-state index contributed by atoms with van der Waals surface area (Å²) in [5.74, 6) is -1.05. The fourth-order valence-electron chi connectivity index (χ4n) is 1.55. The van der Waals surface area contributed by atoms with Crippen LogP contribution in [0.4, 0.5) is 10.5 Å². The van der Waals surface area contributed by atoms with E-state index in [1.165, 1.54) is 17.0 Å². The molecule has 0 aliphatic carbocycles. The summed E-state index contributed by atoms with van der Waals surface area (Å²) >= 11 is 3.21. The second-order valence-corrected chi connectivity index (χ2v) is 5.29. The van der Waals surface area contributed by atoms with Crippen molar-refractivity contribution in [2.24, 2.45) is 0 Å². The molecule has 0 radical (unpaired) electrons. The largest absolute Gasteiger partial charge is 0.478 e. The number of benzene rings is 1. The Hall–Kier alpha value is -1.60. The molecule has 0 aromatic heterocycles. The highest BCUT2D eigenvalue weighted by Crippen LogP contribution is 2.20. The summed E-state index contributed by atoms with van der Waals surface area (Å²) < 4.78 is 5.57. The third kappa shape index (κ3) is 4.50. The van der Waals surface area contributed by atoms with Crippen molar-refractivity contribution in [1.29, 1.82) is 0 Å². The van der Waals surface area contributed by atoms with Crippen LogP contribution in [0, 0.1) is 0 Å². The van der Waals surface area contributed by atoms with Gasteiger partial charge in [0.2, 0.25) is 0 Å². The highest BCUT2D eigenvalue weighted by Gasteiger charge is 2.16. The van der Waals surface area contributed by atoms with Gasteiger partial charge >= 0.3 is 12.0 Å². The van der Waals surface area contributed by atoms with E-state index in [2.05, 4.69) is 21.2 Å². The lowest BCUT2D eigenvalue weighted by molar-refractivity contribution is 0.0696. The van der Waals surface area contributed by atoms with Gasteiger partial charge in [0.25, 0.3) is 0 Å². The van der Waals surface area contributed by atoms with Gasteiger partial charge in [-0.25, -0.2) is 9.59 Å². The van der Waals surface area contributed by atoms with Gasteiger partial charge in [0.15, 0.2) is 0 Å². The molecular weight excluding hydrogens is 328 g/mol. The fourth-order valence-corrected chi connectivity index (χ4v) is 2.04. The van der Waals surface area contributed by atoms with Crippen molar-refractivity contribution in [3.8, 4) is 0 Å². The predicted molar refractivity (Wildman–Crippen MR) is 79.2 cm³/mol. The molecule has 0 saturated carbocycles. The minimum absolute atomic E-state index is 0.0916. The molecule has 0 aliphatic rings. The van der Waals surface area contributed by atoms with Gasteiger partial charge in [-0.05, 0) is 25.1 Å². The lowest BCUT2D eigenvalue weighted by Gasteiger charge is -2.24. The number of hydrogen-bond donors (Lipinski definition) is 2. The van der Waals surface area contributed by atoms with Crippen LogP contribution in [0.1, 0.15) is 17.3 Å². The van der Waals surface area contributed by atoms with Gasteiger partial charge in [0.1, 0.15) is 0 Å². The van der Waals surface area contributed by atoms with Crippen LogP contribution in [0.15, 0.2) is 22.7 Å². The molecule has 0 heterocycles. The van der Waals surface area contributed by atoms with Crippen LogP contribution in [0.25, 0.3) is 0 Å². The lowest BCUT2D eigenvalue weighted by atomic mass is 10.2. The number of likely N-dealkylation sites (N-methyl/N-ethyl adjacent to an activating group) is 1. The molecule has 1 unspecified atom stereocenters. The summed E-state index contributed by atoms with van der Waals surface area (Å²) in [6, 6.07) is 4.09. The standard InChI is InChI=1S/C13H17BrN2O4/c1-8(7-20-3)16(2)13(19)15-11-5-9(12(17)18)4-10(14)6-11/h4-6,8H,7H2,1-3H3,(H,15,19)(H,17,18). The third-order valence-corrected chi connectivity index (χ3v) is 3.24. The topological polar surface area (TPSA) is 78.9 Å². The number of nitrogens with one attached hydrogen (secondary N) is 1. The van der Waals surface area contributed by atoms with Gasteiger partial charge in [-0.2, -0.15) is 0 Å². The van der Waals surface area contributed by atoms with Crippen LogP contribution in [-0.4, -0.2) is 48.8 Å². The minimum Gasteiger partial charge on any atom is -0.478 e. The normalized spacial score (nSPS) is 11.8. The smallest absolute Gasteiger partial charge is 0.335 e. The van der Waals surface area contributed by atoms with E-state index in [1.54, 1.807) is 20.2 Å². The minimum atomic E-state index is -1.05. The Balaban J connectivity index is 2.82. The number of nitrogens with zero attached hydrogens (tertiary/aromatic N) is 1. The lowest BCUT2D eigenvalue weighted by Crippen LogP contribution is -2.40. The van der Waals surface area contributed by atoms with Gasteiger partial charge in [-0.15, -0.1) is 0 Å². The van der Waals surface area contributed by atoms with E-state index in [9.17, 15) is 9.59 Å². The van der Waals surface area contributed by atoms with Crippen LogP contribution in [0.5, 0.6) is 0 Å². The Morgan fingerprint density at radius 2 is 2.10 bits per heavy atom. The number of carbonyl (C=O) groups excluding carboxylic acids is 1. The van der Waals surface area contributed by atoms with Gasteiger partial charge in [-0.1, -0.05) is 15.9 Å². The summed E-state index contributed by atoms with van der Waals surface area (Å²) in [5, 5.41) is 11.6. The number of urea groups is 1. The molecule has 110 valence electrons. The number of carboxylic acids is 1. The molecule has 1 atom stereocenters. The number of hydrogen-bond acceptors (Lipinski definition) is 3. The molecular formula is C13H17BrN2O4. The van der Waals surface area contributed by atoms with Crippen LogP contribution in [-0.2, 0) is 4.74 Å². The summed E-state index contributed by atoms with van der Waals surface area (Å²) in [6.45, 7) is 2.27. The van der Waals surface area contributed by atoms with E-state index in [4.69, 9.17) is 9.84 Å². The van der Waals surface area contributed by atoms with Crippen molar-refractivity contribution >= 4 is 33.6 Å². The van der Waals surface area contributed by atoms with Crippen LogP contribution < -0.4 is 5.32 Å². The van der Waals surface area contributed by atoms with E-state index in [0.717, 1.165) is 0 Å². The molecule has 2 amide bonds. The number of carbonyl (C=O) groups is 2. The zero-order valence-electron chi connectivity index (χ0n) is 11.5. The molecule has 0 aliphatic heterocycles. The molecule has 6 nitrogen and oxygen atoms in total. The van der Waals surface area contributed by atoms with Crippen molar-refractivity contribution in [1.82, 2.24) is 4.90 Å². The highest BCUT2D eigenvalue weighted by molar-refractivity contribution is 9.10. The quantitative estimate of drug-likeness (QED) is 0.860. The first-order valence-corrected chi connectivity index (χ1v) is 6.71. The van der Waals surface area contributed by atoms with Crippen molar-refractivity contribution in [2.45, 2.75) is 13.0 Å². The van der Waals surface area contributed by atoms with Gasteiger partial charge in [-0.3, -0.25) is 0 Å². The molecule has 0 fully saturated rings. The van der Waals surface area contributed by atoms with Crippen molar-refractivity contribution in [3.05, 3.63) is 28.2 Å². The van der Waals surface area contributed by atoms with Gasteiger partial charge in [0.05, 0.1) is 18.2 Å². The second kappa shape index (κ2) is 7.25. The fraction of sp³-hybridized carbons (Fsp3) is 0.385. The zero-order valence-corrected chi connectivity index (χ0v) is 13.1. The predicted octanol–water partition coefficient (Wildman–Crippen LogP) is 2.65. The maximum atomic E-state index is 12.0. The maximum absolute atomic E-state index is 12.0. The molecule has 7 heteroatoms.